The first-order valence-corrected chi connectivity index (χ1v) is 10.4. The Balaban J connectivity index is 5.77. The summed E-state index contributed by atoms with van der Waals surface area (Å²) in [7, 11) is 0. The van der Waals surface area contributed by atoms with Gasteiger partial charge < -0.3 is 4.90 Å². The number of halogens is 7. The van der Waals surface area contributed by atoms with Crippen molar-refractivity contribution in [1.82, 2.24) is 4.90 Å². The van der Waals surface area contributed by atoms with E-state index in [9.17, 15) is 35.5 Å². The quantitative estimate of drug-likeness (QED) is 0.266. The van der Waals surface area contributed by atoms with Gasteiger partial charge in [-0.3, -0.25) is 4.79 Å². The van der Waals surface area contributed by atoms with Crippen LogP contribution in [0.3, 0.4) is 0 Å². The van der Waals surface area contributed by atoms with Gasteiger partial charge in [0.2, 0.25) is 0 Å². The molecule has 0 bridgehead atoms. The second kappa shape index (κ2) is 12.0. The lowest BCUT2D eigenvalue weighted by Crippen LogP contribution is -2.61. The molecule has 0 fully saturated rings. The van der Waals surface area contributed by atoms with E-state index in [4.69, 9.17) is 0 Å². The molecule has 0 aliphatic carbocycles. The van der Waals surface area contributed by atoms with Crippen LogP contribution in [0.15, 0.2) is 0 Å². The van der Waals surface area contributed by atoms with E-state index in [0.29, 0.717) is 30.6 Å². The van der Waals surface area contributed by atoms with Gasteiger partial charge in [-0.1, -0.05) is 66.2 Å². The molecular weight excluding hydrogens is 403 g/mol. The third-order valence-electron chi connectivity index (χ3n) is 5.35. The number of nitrogens with zero attached hydrogens (tertiary/aromatic N) is 1. The molecule has 2 nitrogen and oxygen atoms in total. The topological polar surface area (TPSA) is 20.3 Å². The Morgan fingerprint density at radius 1 is 0.759 bits per heavy atom. The van der Waals surface area contributed by atoms with Crippen LogP contribution in [-0.2, 0) is 4.79 Å². The molecule has 0 N–H and O–H groups in total. The van der Waals surface area contributed by atoms with Crippen LogP contribution in [0.25, 0.3) is 0 Å². The molecule has 0 saturated carbocycles. The fourth-order valence-corrected chi connectivity index (χ4v) is 3.21. The minimum atomic E-state index is -6.52. The smallest absolute Gasteiger partial charge is 0.337 e. The number of unbranched alkanes of at least 4 members (excludes halogenated alkanes) is 2. The molecule has 9 heteroatoms. The summed E-state index contributed by atoms with van der Waals surface area (Å²) in [4.78, 5) is 12.9. The van der Waals surface area contributed by atoms with Crippen molar-refractivity contribution in [2.24, 2.45) is 11.8 Å². The summed E-state index contributed by atoms with van der Waals surface area (Å²) in [6.45, 7) is 6.90. The molecule has 174 valence electrons. The van der Waals surface area contributed by atoms with Crippen molar-refractivity contribution >= 4 is 5.91 Å². The van der Waals surface area contributed by atoms with Crippen molar-refractivity contribution in [3.8, 4) is 0 Å². The van der Waals surface area contributed by atoms with Gasteiger partial charge in [-0.25, -0.2) is 0 Å². The first-order valence-electron chi connectivity index (χ1n) is 10.4. The lowest BCUT2D eigenvalue weighted by molar-refractivity contribution is -0.346. The van der Waals surface area contributed by atoms with E-state index in [1.165, 1.54) is 0 Å². The predicted molar refractivity (Wildman–Crippen MR) is 99.1 cm³/mol. The molecule has 2 unspecified atom stereocenters. The van der Waals surface area contributed by atoms with Crippen molar-refractivity contribution in [3.05, 3.63) is 0 Å². The summed E-state index contributed by atoms with van der Waals surface area (Å²) in [5.41, 5.74) is 0. The highest BCUT2D eigenvalue weighted by Gasteiger charge is 2.76. The van der Waals surface area contributed by atoms with Crippen LogP contribution < -0.4 is 0 Å². The van der Waals surface area contributed by atoms with Crippen molar-refractivity contribution in [1.29, 1.82) is 0 Å². The molecule has 0 aliphatic heterocycles. The van der Waals surface area contributed by atoms with Crippen molar-refractivity contribution < 1.29 is 35.5 Å². The first-order chi connectivity index (χ1) is 13.3. The van der Waals surface area contributed by atoms with Crippen LogP contribution in [0.5, 0.6) is 0 Å². The highest BCUT2D eigenvalue weighted by atomic mass is 19.4. The van der Waals surface area contributed by atoms with Crippen LogP contribution in [0.4, 0.5) is 30.7 Å². The lowest BCUT2D eigenvalue weighted by Gasteiger charge is -2.35. The number of alkyl halides is 7. The van der Waals surface area contributed by atoms with Gasteiger partial charge in [0, 0.05) is 13.1 Å². The summed E-state index contributed by atoms with van der Waals surface area (Å²) in [6.07, 6.45) is -1.18. The molecule has 0 rings (SSSR count). The molecule has 0 aromatic carbocycles. The third kappa shape index (κ3) is 7.63. The van der Waals surface area contributed by atoms with Crippen LogP contribution in [0.1, 0.15) is 79.1 Å². The fraction of sp³-hybridized carbons (Fsp3) is 0.950. The Labute approximate surface area is 169 Å². The monoisotopic (exact) mass is 437 g/mol. The number of amides is 1. The third-order valence-corrected chi connectivity index (χ3v) is 5.35. The highest BCUT2D eigenvalue weighted by molar-refractivity contribution is 5.85. The highest BCUT2D eigenvalue weighted by Crippen LogP contribution is 2.47. The van der Waals surface area contributed by atoms with Crippen molar-refractivity contribution in [2.45, 2.75) is 97.1 Å². The maximum absolute atomic E-state index is 14.1. The van der Waals surface area contributed by atoms with E-state index >= 15 is 0 Å². The van der Waals surface area contributed by atoms with Gasteiger partial charge in [0.1, 0.15) is 0 Å². The Morgan fingerprint density at radius 3 is 1.41 bits per heavy atom. The van der Waals surface area contributed by atoms with Gasteiger partial charge in [0.25, 0.3) is 5.91 Å². The Bertz CT molecular complexity index is 462. The van der Waals surface area contributed by atoms with Gasteiger partial charge in [-0.05, 0) is 24.7 Å². The minimum absolute atomic E-state index is 0.238. The summed E-state index contributed by atoms with van der Waals surface area (Å²) in [6, 6.07) is 0. The Morgan fingerprint density at radius 2 is 1.14 bits per heavy atom. The zero-order chi connectivity index (χ0) is 22.9. The lowest BCUT2D eigenvalue weighted by atomic mass is 9.95. The van der Waals surface area contributed by atoms with Gasteiger partial charge in [0.15, 0.2) is 0 Å². The molecular formula is C20H34F7NO. The Kier molecular flexibility index (Phi) is 11.6. The molecule has 0 radical (unpaired) electrons. The predicted octanol–water partition coefficient (Wildman–Crippen LogP) is 7.08. The number of hydrogen-bond acceptors (Lipinski definition) is 1. The number of hydrogen-bond donors (Lipinski definition) is 0. The average molecular weight is 437 g/mol. The van der Waals surface area contributed by atoms with Gasteiger partial charge in [-0.15, -0.1) is 0 Å². The van der Waals surface area contributed by atoms with Crippen LogP contribution in [0.2, 0.25) is 0 Å². The summed E-state index contributed by atoms with van der Waals surface area (Å²) >= 11 is 0. The fourth-order valence-electron chi connectivity index (χ4n) is 3.21. The van der Waals surface area contributed by atoms with E-state index in [2.05, 4.69) is 0 Å². The maximum atomic E-state index is 14.1. The van der Waals surface area contributed by atoms with E-state index in [-0.39, 0.29) is 24.9 Å². The van der Waals surface area contributed by atoms with Crippen molar-refractivity contribution in [2.75, 3.05) is 13.1 Å². The summed E-state index contributed by atoms with van der Waals surface area (Å²) in [5, 5.41) is 0. The molecule has 2 atom stereocenters. The normalized spacial score (nSPS) is 15.3. The molecule has 0 heterocycles. The molecule has 0 aromatic heterocycles. The van der Waals surface area contributed by atoms with E-state index in [1.807, 2.05) is 13.8 Å². The number of rotatable bonds is 14. The zero-order valence-corrected chi connectivity index (χ0v) is 17.7. The standard InChI is InChI=1S/C20H34F7NO/c1-5-9-11-15(7-3)13-28(14-16(8-4)12-10-6-2)17(29)18(21,22)19(23,24)20(25,26)27/h15-16H,5-14H2,1-4H3. The van der Waals surface area contributed by atoms with E-state index in [0.717, 1.165) is 25.7 Å². The first kappa shape index (κ1) is 28.0. The van der Waals surface area contributed by atoms with Crippen molar-refractivity contribution in [3.63, 3.8) is 0 Å². The second-order valence-corrected chi connectivity index (χ2v) is 7.69. The number of carbonyl (C=O) groups is 1. The van der Waals surface area contributed by atoms with E-state index < -0.39 is 23.9 Å². The van der Waals surface area contributed by atoms with Crippen LogP contribution in [0, 0.1) is 11.8 Å². The molecule has 1 amide bonds. The van der Waals surface area contributed by atoms with Gasteiger partial charge in [-0.2, -0.15) is 30.7 Å². The van der Waals surface area contributed by atoms with Gasteiger partial charge >= 0.3 is 18.0 Å². The summed E-state index contributed by atoms with van der Waals surface area (Å²) < 4.78 is 92.7. The SMILES string of the molecule is CCCCC(CC)CN(CC(CC)CCCC)C(=O)C(F)(F)C(F)(F)C(F)(F)F. The number of carbonyl (C=O) groups excluding carboxylic acids is 1. The molecule has 0 aliphatic rings. The van der Waals surface area contributed by atoms with Gasteiger partial charge in [0.05, 0.1) is 0 Å². The largest absolute Gasteiger partial charge is 0.460 e. The molecule has 0 saturated heterocycles. The minimum Gasteiger partial charge on any atom is -0.337 e. The average Bonchev–Trinajstić information content (AvgIpc) is 2.65. The van der Waals surface area contributed by atoms with E-state index in [1.54, 1.807) is 13.8 Å². The zero-order valence-electron chi connectivity index (χ0n) is 17.7. The molecule has 0 aromatic rings. The van der Waals surface area contributed by atoms with Crippen LogP contribution >= 0.6 is 0 Å². The second-order valence-electron chi connectivity index (χ2n) is 7.69. The summed E-state index contributed by atoms with van der Waals surface area (Å²) in [5.74, 6) is -15.2. The Hall–Kier alpha value is -1.02. The molecule has 29 heavy (non-hydrogen) atoms. The van der Waals surface area contributed by atoms with Crippen LogP contribution in [-0.4, -0.2) is 41.9 Å². The maximum Gasteiger partial charge on any atom is 0.460 e. The molecule has 0 spiro atoms.